The first-order valence-corrected chi connectivity index (χ1v) is 47.5. The molecule has 0 saturated carbocycles. The normalized spacial score (nSPS) is 13.4. The molecular formula is C76H90Br2ClN14O10P3S2. The van der Waals surface area contributed by atoms with Crippen molar-refractivity contribution >= 4 is 181 Å². The van der Waals surface area contributed by atoms with Gasteiger partial charge in [-0.1, -0.05) is 70.0 Å². The maximum atomic E-state index is 13.0. The van der Waals surface area contributed by atoms with Crippen molar-refractivity contribution in [1.29, 1.82) is 0 Å². The van der Waals surface area contributed by atoms with Crippen LogP contribution in [0.5, 0.6) is 17.2 Å². The monoisotopic (exact) mass is 1710 g/mol. The van der Waals surface area contributed by atoms with Gasteiger partial charge in [-0.2, -0.15) is 15.0 Å². The summed E-state index contributed by atoms with van der Waals surface area (Å²) in [5.41, 5.74) is 7.52. The minimum absolute atomic E-state index is 0.127. The summed E-state index contributed by atoms with van der Waals surface area (Å²) in [6, 6.07) is 36.9. The minimum atomic E-state index is -3.58. The average Bonchev–Trinajstić information content (AvgIpc) is 1.49. The molecule has 1 aliphatic carbocycles. The highest BCUT2D eigenvalue weighted by Gasteiger charge is 2.29. The van der Waals surface area contributed by atoms with Gasteiger partial charge in [0.15, 0.2) is 25.5 Å². The van der Waals surface area contributed by atoms with E-state index in [4.69, 9.17) is 35.8 Å². The van der Waals surface area contributed by atoms with E-state index in [2.05, 4.69) is 137 Å². The van der Waals surface area contributed by atoms with Crippen molar-refractivity contribution in [2.75, 3.05) is 119 Å². The van der Waals surface area contributed by atoms with Gasteiger partial charge in [-0.25, -0.2) is 31.8 Å². The second kappa shape index (κ2) is 34.4. The number of aromatic nitrogens is 7. The van der Waals surface area contributed by atoms with Crippen molar-refractivity contribution in [3.63, 3.8) is 0 Å². The van der Waals surface area contributed by atoms with Crippen LogP contribution in [-0.2, 0) is 46.2 Å². The van der Waals surface area contributed by atoms with Gasteiger partial charge in [0.1, 0.15) is 66.8 Å². The van der Waals surface area contributed by atoms with Crippen molar-refractivity contribution in [3.8, 4) is 17.2 Å². The summed E-state index contributed by atoms with van der Waals surface area (Å²) in [5, 5.41) is 17.8. The van der Waals surface area contributed by atoms with Gasteiger partial charge in [0.2, 0.25) is 11.9 Å². The molecule has 0 unspecified atom stereocenters. The van der Waals surface area contributed by atoms with Crippen LogP contribution in [0.3, 0.4) is 0 Å². The molecule has 2 aliphatic rings. The van der Waals surface area contributed by atoms with E-state index < -0.39 is 51.6 Å². The molecule has 24 nitrogen and oxygen atoms in total. The first kappa shape index (κ1) is 82.3. The number of anilines is 11. The number of H-pyrrole nitrogens is 1. The van der Waals surface area contributed by atoms with E-state index in [-0.39, 0.29) is 32.5 Å². The second-order valence-corrected chi connectivity index (χ2v) is 44.4. The average molecular weight is 1710 g/mol. The molecule has 0 atom stereocenters. The number of hydrogen-bond donors (Lipinski definition) is 6. The fraction of sp³-hybridized carbons (Fsp3) is 0.316. The van der Waals surface area contributed by atoms with Gasteiger partial charge < -0.3 is 64.4 Å². The quantitative estimate of drug-likeness (QED) is 0.0306. The Bertz CT molecular complexity index is 5420. The fourth-order valence-corrected chi connectivity index (χ4v) is 18.3. The maximum Gasteiger partial charge on any atom is 0.231 e. The molecule has 6 aromatic carbocycles. The zero-order valence-corrected chi connectivity index (χ0v) is 71.0. The molecule has 1 aliphatic heterocycles. The Balaban J connectivity index is 0.000000173. The number of aromatic amines is 1. The number of halogens is 3. The number of nitrogens with one attached hydrogen (secondary N) is 6. The van der Waals surface area contributed by atoms with Crippen LogP contribution in [0, 0.1) is 0 Å². The number of allylic oxidation sites excluding steroid dienone is 1. The number of rotatable bonds is 24. The third-order valence-corrected chi connectivity index (χ3v) is 28.3. The minimum Gasteiger partial charge on any atom is -0.496 e. The lowest BCUT2D eigenvalue weighted by molar-refractivity contribution is 0.209. The lowest BCUT2D eigenvalue weighted by atomic mass is 10.1. The van der Waals surface area contributed by atoms with E-state index in [9.17, 15) is 30.5 Å². The van der Waals surface area contributed by atoms with E-state index >= 15 is 0 Å². The Kier molecular flexibility index (Phi) is 26.2. The summed E-state index contributed by atoms with van der Waals surface area (Å²) in [7, 11) is -9.74. The molecule has 1 saturated heterocycles. The Labute approximate surface area is 654 Å². The van der Waals surface area contributed by atoms with Crippen LogP contribution in [0.25, 0.3) is 17.1 Å². The van der Waals surface area contributed by atoms with E-state index in [0.29, 0.717) is 78.6 Å². The predicted molar refractivity (Wildman–Crippen MR) is 449 cm³/mol. The van der Waals surface area contributed by atoms with Gasteiger partial charge in [-0.3, -0.25) is 4.90 Å². The van der Waals surface area contributed by atoms with Gasteiger partial charge in [0, 0.05) is 99.0 Å². The Morgan fingerprint density at radius 2 is 1.12 bits per heavy atom. The van der Waals surface area contributed by atoms with E-state index in [1.54, 1.807) is 160 Å². The van der Waals surface area contributed by atoms with Crippen LogP contribution in [0.15, 0.2) is 159 Å². The highest BCUT2D eigenvalue weighted by atomic mass is 79.9. The molecule has 1 fully saturated rings. The summed E-state index contributed by atoms with van der Waals surface area (Å²) in [5.74, 6) is 4.41. The molecule has 32 heteroatoms. The van der Waals surface area contributed by atoms with E-state index in [1.165, 1.54) is 26.1 Å². The van der Waals surface area contributed by atoms with Gasteiger partial charge in [0.25, 0.3) is 0 Å². The number of fused-ring (bicyclic) bond motifs is 2. The zero-order chi connectivity index (χ0) is 78.4. The third-order valence-electron chi connectivity index (χ3n) is 18.0. The molecule has 5 heterocycles. The highest BCUT2D eigenvalue weighted by molar-refractivity contribution is 9.11. The Morgan fingerprint density at radius 1 is 0.565 bits per heavy atom. The molecule has 12 rings (SSSR count). The summed E-state index contributed by atoms with van der Waals surface area (Å²) in [4.78, 5) is 36.0. The van der Waals surface area contributed by atoms with Crippen LogP contribution in [0.2, 0.25) is 5.02 Å². The number of hydrogen-bond acceptors (Lipinski definition) is 23. The number of sulfone groups is 2. The molecule has 0 amide bonds. The molecule has 6 N–H and O–H groups in total. The van der Waals surface area contributed by atoms with E-state index in [0.717, 1.165) is 82.3 Å². The van der Waals surface area contributed by atoms with Gasteiger partial charge >= 0.3 is 0 Å². The second-order valence-electron chi connectivity index (χ2n) is 27.7. The van der Waals surface area contributed by atoms with E-state index in [1.807, 2.05) is 24.3 Å². The fourth-order valence-electron chi connectivity index (χ4n) is 11.8. The number of para-hydroxylation sites is 2. The van der Waals surface area contributed by atoms with Crippen LogP contribution in [-0.4, -0.2) is 161 Å². The number of nitrogens with zero attached hydrogens (tertiary/aromatic N) is 8. The Morgan fingerprint density at radius 3 is 1.72 bits per heavy atom. The van der Waals surface area contributed by atoms with Gasteiger partial charge in [-0.15, -0.1) is 0 Å². The zero-order valence-electron chi connectivity index (χ0n) is 62.8. The summed E-state index contributed by atoms with van der Waals surface area (Å²) in [6.07, 6.45) is 8.66. The molecule has 0 spiro atoms. The van der Waals surface area contributed by atoms with Crippen molar-refractivity contribution in [2.24, 2.45) is 0 Å². The molecular weight excluding hydrogens is 1620 g/mol. The Hall–Kier alpha value is -8.16. The largest absolute Gasteiger partial charge is 0.496 e. The maximum absolute atomic E-state index is 13.0. The predicted octanol–water partition coefficient (Wildman–Crippen LogP) is 16.6. The first-order chi connectivity index (χ1) is 51.0. The van der Waals surface area contributed by atoms with Gasteiger partial charge in [-0.05, 0) is 182 Å². The molecule has 4 aromatic heterocycles. The van der Waals surface area contributed by atoms with Crippen LogP contribution < -0.4 is 61.6 Å². The van der Waals surface area contributed by atoms with Crippen LogP contribution in [0.4, 0.5) is 63.5 Å². The number of benzene rings is 6. The summed E-state index contributed by atoms with van der Waals surface area (Å²) in [6.45, 7) is 25.6. The molecule has 108 heavy (non-hydrogen) atoms. The van der Waals surface area contributed by atoms with Crippen molar-refractivity contribution in [2.45, 2.75) is 80.7 Å². The number of methoxy groups -OCH3 is 3. The molecule has 10 aromatic rings. The smallest absolute Gasteiger partial charge is 0.231 e. The number of piperazine rings is 1. The SMILES string of the molecule is COc1cc(N2CCN(C(C)C)CC2)ccc1Cc1nc2c(c(Nc3ccccc3P(C)(C)=O)n1)C=CC2.COc1cc(P(C)(C)=O)ccc1Nc1nc(Nc2ccccc2S(=O)(=O)C(C)C)c2c(Br)c[nH]c2n1.COc1cc(P(C)(C)=O)ccc1Nc1ncc(Cl)c(Nc2ccc(Br)cc2S(=O)(=O)C(C)C)n1. The number of ether oxygens (including phenoxy) is 3. The first-order valence-electron chi connectivity index (χ1n) is 34.6. The van der Waals surface area contributed by atoms with Gasteiger partial charge in [0.05, 0.1) is 87.3 Å². The lowest BCUT2D eigenvalue weighted by Crippen LogP contribution is -2.48. The van der Waals surface area contributed by atoms with Crippen LogP contribution >= 0.6 is 64.9 Å². The molecule has 572 valence electrons. The van der Waals surface area contributed by atoms with Crippen molar-refractivity contribution in [3.05, 3.63) is 176 Å². The van der Waals surface area contributed by atoms with Crippen molar-refractivity contribution in [1.82, 2.24) is 39.8 Å². The third kappa shape index (κ3) is 19.7. The lowest BCUT2D eigenvalue weighted by Gasteiger charge is -2.38. The highest BCUT2D eigenvalue weighted by Crippen LogP contribution is 2.43. The molecule has 0 radical (unpaired) electrons. The summed E-state index contributed by atoms with van der Waals surface area (Å²) >= 11 is 13.2. The standard InChI is InChI=1S/C30H38N5O2P.C24H27BrN5O4PS.C22H25BrClN4O4PS/c1-21(2)34-15-17-35(18-16-34)23-14-13-22(27(20-23)37-3)19-29-31-25-11-8-9-24(25)30(33-29)32-26-10-6-7-12-28(26)38(4,5)36;1-14(2)36(32,33)20-9-7-6-8-18(20)27-23-21-16(25)13-26-22(21)29-24(30-23)28-17-11-10-15(35(4,5)31)12-19(17)34-3;1-13(2)34(30,31)20-10-14(23)6-8-18(20)26-21-16(24)12-25-22(28-21)27-17-9-7-15(33(4,5)29)11-19(17)32-3/h6-10,12-14,20-21H,11,15-19H2,1-5H3,(H,31,32,33);6-14H,1-5H3,(H3,26,27,28,29,30);6-13H,1-5H3,(H2,25,26,27,28). The molecule has 0 bridgehead atoms. The van der Waals surface area contributed by atoms with Crippen molar-refractivity contribution < 1.29 is 44.7 Å². The van der Waals surface area contributed by atoms with Crippen LogP contribution in [0.1, 0.15) is 64.2 Å². The summed E-state index contributed by atoms with van der Waals surface area (Å²) < 4.78 is 108. The topological polar surface area (TPSA) is 307 Å².